The van der Waals surface area contributed by atoms with Crippen LogP contribution in [0.5, 0.6) is 0 Å². The van der Waals surface area contributed by atoms with E-state index in [1.54, 1.807) is 0 Å². The highest BCUT2D eigenvalue weighted by atomic mass is 19.3. The molecule has 2 N–H and O–H groups in total. The van der Waals surface area contributed by atoms with E-state index in [1.807, 2.05) is 0 Å². The number of carbonyl (C=O) groups is 2. The minimum atomic E-state index is -3.09. The summed E-state index contributed by atoms with van der Waals surface area (Å²) in [4.78, 5) is 22.3. The number of nitrogens with one attached hydrogen (secondary N) is 1. The SMILES string of the molecule is O=C(O)[C@@H]1C(=O)NCC1C1C=C(OC(F)F)C=C1F. The third-order valence-electron chi connectivity index (χ3n) is 3.12. The average Bonchev–Trinajstić information content (AvgIpc) is 2.81. The van der Waals surface area contributed by atoms with Gasteiger partial charge in [-0.3, -0.25) is 9.59 Å². The van der Waals surface area contributed by atoms with E-state index in [4.69, 9.17) is 5.11 Å². The highest BCUT2D eigenvalue weighted by Gasteiger charge is 2.46. The summed E-state index contributed by atoms with van der Waals surface area (Å²) in [7, 11) is 0. The molecule has 5 nitrogen and oxygen atoms in total. The quantitative estimate of drug-likeness (QED) is 0.753. The lowest BCUT2D eigenvalue weighted by Crippen LogP contribution is -2.30. The Labute approximate surface area is 105 Å². The van der Waals surface area contributed by atoms with Crippen molar-refractivity contribution in [1.82, 2.24) is 5.32 Å². The van der Waals surface area contributed by atoms with Gasteiger partial charge in [0, 0.05) is 24.5 Å². The Balaban J connectivity index is 2.19. The van der Waals surface area contributed by atoms with Gasteiger partial charge in [0.15, 0.2) is 0 Å². The van der Waals surface area contributed by atoms with Crippen molar-refractivity contribution >= 4 is 11.9 Å². The molecule has 0 aromatic rings. The van der Waals surface area contributed by atoms with Crippen LogP contribution in [0.3, 0.4) is 0 Å². The van der Waals surface area contributed by atoms with Gasteiger partial charge in [-0.05, 0) is 6.08 Å². The van der Waals surface area contributed by atoms with Crippen molar-refractivity contribution in [1.29, 1.82) is 0 Å². The fourth-order valence-electron chi connectivity index (χ4n) is 2.31. The first-order chi connectivity index (χ1) is 8.90. The molecule has 19 heavy (non-hydrogen) atoms. The summed E-state index contributed by atoms with van der Waals surface area (Å²) in [5, 5.41) is 11.3. The summed E-state index contributed by atoms with van der Waals surface area (Å²) in [6, 6.07) is 0. The molecule has 2 aliphatic rings. The fourth-order valence-corrected chi connectivity index (χ4v) is 2.31. The molecule has 0 radical (unpaired) electrons. The van der Waals surface area contributed by atoms with E-state index < -0.39 is 42.1 Å². The molecule has 104 valence electrons. The largest absolute Gasteiger partial charge is 0.481 e. The Morgan fingerprint density at radius 3 is 2.79 bits per heavy atom. The zero-order valence-corrected chi connectivity index (χ0v) is 9.48. The number of aliphatic carboxylic acids is 1. The summed E-state index contributed by atoms with van der Waals surface area (Å²) in [5.74, 6) is -6.53. The molecule has 0 bridgehead atoms. The van der Waals surface area contributed by atoms with Gasteiger partial charge in [-0.25, -0.2) is 4.39 Å². The van der Waals surface area contributed by atoms with Crippen molar-refractivity contribution in [2.45, 2.75) is 6.61 Å². The molecule has 0 saturated carbocycles. The number of allylic oxidation sites excluding steroid dienone is 3. The van der Waals surface area contributed by atoms with Crippen LogP contribution >= 0.6 is 0 Å². The van der Waals surface area contributed by atoms with Gasteiger partial charge in [-0.1, -0.05) is 0 Å². The standard InChI is InChI=1S/C11H10F3NO4/c12-7-2-4(19-11(13)14)1-5(7)6-3-15-9(16)8(6)10(17)18/h1-2,5-6,8,11H,3H2,(H,15,16)(H,17,18)/t5?,6?,8-/m0/s1. The molecule has 2 unspecified atom stereocenters. The lowest BCUT2D eigenvalue weighted by atomic mass is 9.84. The van der Waals surface area contributed by atoms with Crippen molar-refractivity contribution in [3.63, 3.8) is 0 Å². The van der Waals surface area contributed by atoms with Gasteiger partial charge in [-0.2, -0.15) is 8.78 Å². The third kappa shape index (κ3) is 2.56. The van der Waals surface area contributed by atoms with E-state index in [1.165, 1.54) is 0 Å². The maximum atomic E-state index is 13.7. The van der Waals surface area contributed by atoms with Gasteiger partial charge >= 0.3 is 12.6 Å². The molecule has 0 spiro atoms. The predicted octanol–water partition coefficient (Wildman–Crippen LogP) is 1.04. The summed E-state index contributed by atoms with van der Waals surface area (Å²) in [6.07, 6.45) is 1.85. The van der Waals surface area contributed by atoms with E-state index in [2.05, 4.69) is 10.1 Å². The molecule has 1 aliphatic carbocycles. The van der Waals surface area contributed by atoms with Crippen molar-refractivity contribution in [2.24, 2.45) is 17.8 Å². The molecular weight excluding hydrogens is 267 g/mol. The molecule has 0 aromatic carbocycles. The van der Waals surface area contributed by atoms with Gasteiger partial charge in [0.1, 0.15) is 17.5 Å². The molecular formula is C11H10F3NO4. The van der Waals surface area contributed by atoms with E-state index in [-0.39, 0.29) is 12.3 Å². The number of halogens is 3. The lowest BCUT2D eigenvalue weighted by molar-refractivity contribution is -0.147. The number of hydrogen-bond donors (Lipinski definition) is 2. The molecule has 1 saturated heterocycles. The highest BCUT2D eigenvalue weighted by molar-refractivity contribution is 5.99. The number of carboxylic acid groups (broad SMARTS) is 1. The lowest BCUT2D eigenvalue weighted by Gasteiger charge is -2.18. The second-order valence-electron chi connectivity index (χ2n) is 4.23. The van der Waals surface area contributed by atoms with Crippen molar-refractivity contribution in [2.75, 3.05) is 6.54 Å². The number of carbonyl (C=O) groups excluding carboxylic acids is 1. The van der Waals surface area contributed by atoms with Crippen LogP contribution in [-0.4, -0.2) is 30.1 Å². The monoisotopic (exact) mass is 277 g/mol. The van der Waals surface area contributed by atoms with Crippen molar-refractivity contribution in [3.05, 3.63) is 23.7 Å². The number of ether oxygens (including phenoxy) is 1. The molecule has 1 aliphatic heterocycles. The first-order valence-corrected chi connectivity index (χ1v) is 5.44. The van der Waals surface area contributed by atoms with Crippen LogP contribution in [0.4, 0.5) is 13.2 Å². The van der Waals surface area contributed by atoms with Gasteiger partial charge in [0.2, 0.25) is 5.91 Å². The van der Waals surface area contributed by atoms with Gasteiger partial charge in [0.25, 0.3) is 0 Å². The topological polar surface area (TPSA) is 75.6 Å². The average molecular weight is 277 g/mol. The Bertz CT molecular complexity index is 475. The van der Waals surface area contributed by atoms with E-state index in [0.717, 1.165) is 12.2 Å². The molecule has 1 fully saturated rings. The van der Waals surface area contributed by atoms with Gasteiger partial charge < -0.3 is 15.2 Å². The smallest absolute Gasteiger partial charge is 0.387 e. The van der Waals surface area contributed by atoms with Crippen LogP contribution in [0.1, 0.15) is 0 Å². The molecule has 0 aromatic heterocycles. The first kappa shape index (κ1) is 13.4. The first-order valence-electron chi connectivity index (χ1n) is 5.44. The third-order valence-corrected chi connectivity index (χ3v) is 3.12. The van der Waals surface area contributed by atoms with E-state index in [0.29, 0.717) is 0 Å². The minimum Gasteiger partial charge on any atom is -0.481 e. The second-order valence-corrected chi connectivity index (χ2v) is 4.23. The Hall–Kier alpha value is -1.99. The van der Waals surface area contributed by atoms with Crippen molar-refractivity contribution in [3.8, 4) is 0 Å². The second kappa shape index (κ2) is 4.94. The van der Waals surface area contributed by atoms with Crippen LogP contribution in [0.25, 0.3) is 0 Å². The van der Waals surface area contributed by atoms with Gasteiger partial charge in [-0.15, -0.1) is 0 Å². The zero-order chi connectivity index (χ0) is 14.2. The molecule has 1 heterocycles. The Morgan fingerprint density at radius 1 is 1.53 bits per heavy atom. The number of rotatable bonds is 4. The van der Waals surface area contributed by atoms with E-state index >= 15 is 0 Å². The number of hydrogen-bond acceptors (Lipinski definition) is 3. The van der Waals surface area contributed by atoms with Crippen LogP contribution in [0.2, 0.25) is 0 Å². The molecule has 3 atom stereocenters. The number of carboxylic acids is 1. The van der Waals surface area contributed by atoms with Crippen LogP contribution in [0.15, 0.2) is 23.7 Å². The fraction of sp³-hybridized carbons (Fsp3) is 0.455. The Kier molecular flexibility index (Phi) is 3.50. The normalized spacial score (nSPS) is 30.1. The van der Waals surface area contributed by atoms with Crippen molar-refractivity contribution < 1.29 is 32.6 Å². The molecule has 2 rings (SSSR count). The van der Waals surface area contributed by atoms with E-state index in [9.17, 15) is 22.8 Å². The summed E-state index contributed by atoms with van der Waals surface area (Å²) < 4.78 is 41.7. The van der Waals surface area contributed by atoms with Crippen LogP contribution in [0, 0.1) is 17.8 Å². The van der Waals surface area contributed by atoms with Gasteiger partial charge in [0.05, 0.1) is 0 Å². The number of amides is 1. The number of alkyl halides is 2. The van der Waals surface area contributed by atoms with Crippen LogP contribution in [-0.2, 0) is 14.3 Å². The van der Waals surface area contributed by atoms with Crippen LogP contribution < -0.4 is 5.32 Å². The Morgan fingerprint density at radius 2 is 2.21 bits per heavy atom. The molecule has 8 heteroatoms. The summed E-state index contributed by atoms with van der Waals surface area (Å²) in [5.41, 5.74) is 0. The summed E-state index contributed by atoms with van der Waals surface area (Å²) in [6.45, 7) is -3.12. The maximum absolute atomic E-state index is 13.7. The predicted molar refractivity (Wildman–Crippen MR) is 55.5 cm³/mol. The molecule has 1 amide bonds. The highest BCUT2D eigenvalue weighted by Crippen LogP contribution is 2.38. The zero-order valence-electron chi connectivity index (χ0n) is 9.48. The summed E-state index contributed by atoms with van der Waals surface area (Å²) >= 11 is 0. The minimum absolute atomic E-state index is 0.0276. The maximum Gasteiger partial charge on any atom is 0.387 e.